The first kappa shape index (κ1) is 17.8. The highest BCUT2D eigenvalue weighted by Gasteiger charge is 2.28. The highest BCUT2D eigenvalue weighted by Crippen LogP contribution is 2.35. The van der Waals surface area contributed by atoms with Gasteiger partial charge in [-0.05, 0) is 44.5 Å². The van der Waals surface area contributed by atoms with E-state index in [9.17, 15) is 14.9 Å². The smallest absolute Gasteiger partial charge is 0.271 e. The summed E-state index contributed by atoms with van der Waals surface area (Å²) < 4.78 is 0. The van der Waals surface area contributed by atoms with Crippen LogP contribution in [-0.2, 0) is 4.79 Å². The summed E-state index contributed by atoms with van der Waals surface area (Å²) in [6.07, 6.45) is 2.11. The molecule has 1 aliphatic rings. The number of carbonyl (C=O) groups is 1. The molecule has 0 radical (unpaired) electrons. The van der Waals surface area contributed by atoms with E-state index in [0.29, 0.717) is 5.69 Å². The zero-order valence-electron chi connectivity index (χ0n) is 13.7. The number of nitro groups is 1. The number of halogens is 1. The lowest BCUT2D eigenvalue weighted by Gasteiger charge is -2.23. The van der Waals surface area contributed by atoms with Crippen molar-refractivity contribution in [1.29, 1.82) is 0 Å². The van der Waals surface area contributed by atoms with Crippen molar-refractivity contribution < 1.29 is 9.72 Å². The van der Waals surface area contributed by atoms with E-state index in [-0.39, 0.29) is 29.2 Å². The minimum atomic E-state index is -0.519. The average molecular weight is 380 g/mol. The number of rotatable bonds is 5. The fraction of sp³-hybridized carbons (Fsp3) is 0.353. The van der Waals surface area contributed by atoms with E-state index in [1.165, 1.54) is 28.0 Å². The number of amides is 1. The molecule has 1 aromatic heterocycles. The third-order valence-corrected chi connectivity index (χ3v) is 5.65. The number of likely N-dealkylation sites (tertiary alicyclic amines) is 1. The van der Waals surface area contributed by atoms with Crippen LogP contribution in [0, 0.1) is 17.0 Å². The van der Waals surface area contributed by atoms with Crippen molar-refractivity contribution in [1.82, 2.24) is 4.90 Å². The van der Waals surface area contributed by atoms with Gasteiger partial charge in [0, 0.05) is 27.9 Å². The molecular weight excluding hydrogens is 362 g/mol. The van der Waals surface area contributed by atoms with Crippen molar-refractivity contribution in [3.8, 4) is 0 Å². The van der Waals surface area contributed by atoms with Crippen LogP contribution in [0.15, 0.2) is 30.3 Å². The Balaban J connectivity index is 1.65. The fourth-order valence-electron chi connectivity index (χ4n) is 3.06. The molecule has 1 N–H and O–H groups in total. The first-order valence-corrected chi connectivity index (χ1v) is 9.17. The molecule has 1 saturated heterocycles. The molecule has 1 atom stereocenters. The van der Waals surface area contributed by atoms with Crippen LogP contribution in [0.2, 0.25) is 5.02 Å². The summed E-state index contributed by atoms with van der Waals surface area (Å²) in [5.41, 5.74) is 0.288. The second-order valence-electron chi connectivity index (χ2n) is 6.05. The molecule has 6 nitrogen and oxygen atoms in total. The van der Waals surface area contributed by atoms with E-state index < -0.39 is 4.92 Å². The van der Waals surface area contributed by atoms with Gasteiger partial charge in [0.25, 0.3) is 5.69 Å². The van der Waals surface area contributed by atoms with Crippen LogP contribution < -0.4 is 5.32 Å². The first-order chi connectivity index (χ1) is 11.9. The molecule has 0 spiro atoms. The van der Waals surface area contributed by atoms with E-state index in [1.807, 2.05) is 0 Å². The van der Waals surface area contributed by atoms with Crippen LogP contribution in [0.4, 0.5) is 11.4 Å². The van der Waals surface area contributed by atoms with E-state index in [4.69, 9.17) is 11.6 Å². The summed E-state index contributed by atoms with van der Waals surface area (Å²) in [7, 11) is 0. The number of anilines is 1. The number of hydrogen-bond acceptors (Lipinski definition) is 5. The van der Waals surface area contributed by atoms with Crippen LogP contribution in [0.3, 0.4) is 0 Å². The lowest BCUT2D eigenvalue weighted by atomic mass is 10.2. The molecular formula is C17H18ClN3O3S. The quantitative estimate of drug-likeness (QED) is 0.617. The summed E-state index contributed by atoms with van der Waals surface area (Å²) in [6.45, 7) is 3.23. The molecule has 8 heteroatoms. The van der Waals surface area contributed by atoms with Crippen molar-refractivity contribution in [2.45, 2.75) is 25.8 Å². The van der Waals surface area contributed by atoms with E-state index in [2.05, 4.69) is 29.3 Å². The Bertz CT molecular complexity index is 808. The van der Waals surface area contributed by atoms with Gasteiger partial charge >= 0.3 is 0 Å². The van der Waals surface area contributed by atoms with E-state index >= 15 is 0 Å². The number of non-ortho nitro benzene ring substituents is 1. The van der Waals surface area contributed by atoms with Crippen molar-refractivity contribution in [3.05, 3.63) is 55.2 Å². The predicted octanol–water partition coefficient (Wildman–Crippen LogP) is 4.39. The standard InChI is InChI=1S/C17H18ClN3O3S/c1-11-4-7-16(25-11)15-3-2-8-20(15)10-17(22)19-14-6-5-12(21(23)24)9-13(14)18/h4-7,9,15H,2-3,8,10H2,1H3,(H,19,22). The molecule has 0 saturated carbocycles. The first-order valence-electron chi connectivity index (χ1n) is 7.98. The lowest BCUT2D eigenvalue weighted by Crippen LogP contribution is -2.32. The second-order valence-corrected chi connectivity index (χ2v) is 7.77. The lowest BCUT2D eigenvalue weighted by molar-refractivity contribution is -0.384. The van der Waals surface area contributed by atoms with E-state index in [0.717, 1.165) is 19.4 Å². The van der Waals surface area contributed by atoms with Gasteiger partial charge in [0.15, 0.2) is 0 Å². The molecule has 1 fully saturated rings. The van der Waals surface area contributed by atoms with Crippen LogP contribution in [-0.4, -0.2) is 28.8 Å². The minimum Gasteiger partial charge on any atom is -0.324 e. The van der Waals surface area contributed by atoms with Gasteiger partial charge in [-0.25, -0.2) is 0 Å². The molecule has 2 aromatic rings. The average Bonchev–Trinajstić information content (AvgIpc) is 3.17. The summed E-state index contributed by atoms with van der Waals surface area (Å²) >= 11 is 7.80. The maximum absolute atomic E-state index is 12.4. The summed E-state index contributed by atoms with van der Waals surface area (Å²) in [4.78, 5) is 27.3. The third-order valence-electron chi connectivity index (χ3n) is 4.24. The molecule has 1 unspecified atom stereocenters. The SMILES string of the molecule is Cc1ccc(C2CCCN2CC(=O)Nc2ccc([N+](=O)[O-])cc2Cl)s1. The molecule has 2 heterocycles. The van der Waals surface area contributed by atoms with Gasteiger partial charge in [0.05, 0.1) is 22.2 Å². The van der Waals surface area contributed by atoms with Gasteiger partial charge in [0.1, 0.15) is 0 Å². The van der Waals surface area contributed by atoms with Crippen molar-refractivity contribution in [3.63, 3.8) is 0 Å². The van der Waals surface area contributed by atoms with Gasteiger partial charge < -0.3 is 5.32 Å². The van der Waals surface area contributed by atoms with Crippen LogP contribution in [0.5, 0.6) is 0 Å². The zero-order chi connectivity index (χ0) is 18.0. The van der Waals surface area contributed by atoms with E-state index in [1.54, 1.807) is 11.3 Å². The van der Waals surface area contributed by atoms with Gasteiger partial charge in [-0.2, -0.15) is 0 Å². The van der Waals surface area contributed by atoms with Crippen molar-refractivity contribution in [2.24, 2.45) is 0 Å². The molecule has 1 amide bonds. The maximum atomic E-state index is 12.4. The largest absolute Gasteiger partial charge is 0.324 e. The number of carbonyl (C=O) groups excluding carboxylic acids is 1. The van der Waals surface area contributed by atoms with Gasteiger partial charge in [-0.3, -0.25) is 19.8 Å². The summed E-state index contributed by atoms with van der Waals surface area (Å²) in [6, 6.07) is 8.54. The molecule has 0 bridgehead atoms. The van der Waals surface area contributed by atoms with Crippen LogP contribution in [0.25, 0.3) is 0 Å². The fourth-order valence-corrected chi connectivity index (χ4v) is 4.33. The number of hydrogen-bond donors (Lipinski definition) is 1. The summed E-state index contributed by atoms with van der Waals surface area (Å²) in [5.74, 6) is -0.170. The van der Waals surface area contributed by atoms with Crippen molar-refractivity contribution >= 4 is 40.2 Å². The third kappa shape index (κ3) is 4.18. The Morgan fingerprint density at radius 2 is 2.24 bits per heavy atom. The highest BCUT2D eigenvalue weighted by atomic mass is 35.5. The number of nitrogens with one attached hydrogen (secondary N) is 1. The van der Waals surface area contributed by atoms with Gasteiger partial charge in [-0.15, -0.1) is 11.3 Å². The minimum absolute atomic E-state index is 0.101. The van der Waals surface area contributed by atoms with Crippen LogP contribution in [0.1, 0.15) is 28.6 Å². The van der Waals surface area contributed by atoms with Gasteiger partial charge in [0.2, 0.25) is 5.91 Å². The normalized spacial score (nSPS) is 17.6. The molecule has 0 aliphatic carbocycles. The number of nitrogens with zero attached hydrogens (tertiary/aromatic N) is 2. The molecule has 25 heavy (non-hydrogen) atoms. The molecule has 3 rings (SSSR count). The Kier molecular flexibility index (Phi) is 5.36. The number of thiophene rings is 1. The zero-order valence-corrected chi connectivity index (χ0v) is 15.3. The Morgan fingerprint density at radius 1 is 1.44 bits per heavy atom. The predicted molar refractivity (Wildman–Crippen MR) is 99.3 cm³/mol. The highest BCUT2D eigenvalue weighted by molar-refractivity contribution is 7.12. The maximum Gasteiger partial charge on any atom is 0.271 e. The number of nitro benzene ring substituents is 1. The topological polar surface area (TPSA) is 75.5 Å². The second kappa shape index (κ2) is 7.51. The Morgan fingerprint density at radius 3 is 2.88 bits per heavy atom. The molecule has 1 aromatic carbocycles. The number of aryl methyl sites for hydroxylation is 1. The summed E-state index contributed by atoms with van der Waals surface area (Å²) in [5, 5.41) is 13.7. The van der Waals surface area contributed by atoms with Gasteiger partial charge in [-0.1, -0.05) is 11.6 Å². The Hall–Kier alpha value is -1.96. The van der Waals surface area contributed by atoms with Crippen molar-refractivity contribution in [2.75, 3.05) is 18.4 Å². The Labute approximate surface area is 154 Å². The van der Waals surface area contributed by atoms with Crippen LogP contribution >= 0.6 is 22.9 Å². The monoisotopic (exact) mass is 379 g/mol. The number of benzene rings is 1. The molecule has 1 aliphatic heterocycles. The molecule has 132 valence electrons.